The van der Waals surface area contributed by atoms with E-state index in [0.29, 0.717) is 0 Å². The topological polar surface area (TPSA) is 33.7 Å². The first-order valence-electron chi connectivity index (χ1n) is 17.3. The van der Waals surface area contributed by atoms with E-state index in [0.717, 1.165) is 22.5 Å². The third-order valence-corrected chi connectivity index (χ3v) is 11.0. The lowest BCUT2D eigenvalue weighted by Gasteiger charge is -2.28. The van der Waals surface area contributed by atoms with Crippen molar-refractivity contribution in [2.45, 2.75) is 6.29 Å². The maximum atomic E-state index is 5.68. The van der Waals surface area contributed by atoms with Gasteiger partial charge in [0.25, 0.3) is 0 Å². The first-order valence-corrected chi connectivity index (χ1v) is 17.3. The Labute approximate surface area is 286 Å². The van der Waals surface area contributed by atoms with Crippen LogP contribution >= 0.6 is 0 Å². The van der Waals surface area contributed by atoms with Crippen molar-refractivity contribution < 1.29 is 0 Å². The Morgan fingerprint density at radius 2 is 1.12 bits per heavy atom. The molecule has 50 heavy (non-hydrogen) atoms. The van der Waals surface area contributed by atoms with Gasteiger partial charge < -0.3 is 9.72 Å². The number of hydrogen-bond donors (Lipinski definition) is 1. The van der Waals surface area contributed by atoms with E-state index < -0.39 is 6.29 Å². The van der Waals surface area contributed by atoms with Crippen LogP contribution in [0.2, 0.25) is 0 Å². The fraction of sp³-hybridized carbons (Fsp3) is 0.0217. The van der Waals surface area contributed by atoms with Crippen LogP contribution in [-0.2, 0) is 0 Å². The molecule has 4 heteroatoms. The molecule has 0 amide bonds. The predicted molar refractivity (Wildman–Crippen MR) is 210 cm³/mol. The fourth-order valence-electron chi connectivity index (χ4n) is 8.91. The van der Waals surface area contributed by atoms with Gasteiger partial charge in [-0.15, -0.1) is 0 Å². The van der Waals surface area contributed by atoms with Crippen molar-refractivity contribution in [3.05, 3.63) is 169 Å². The molecule has 1 unspecified atom stereocenters. The zero-order valence-electron chi connectivity index (χ0n) is 26.9. The second kappa shape index (κ2) is 9.49. The fourth-order valence-corrected chi connectivity index (χ4v) is 8.91. The quantitative estimate of drug-likeness (QED) is 0.201. The van der Waals surface area contributed by atoms with Gasteiger partial charge in [-0.1, -0.05) is 127 Å². The van der Waals surface area contributed by atoms with Gasteiger partial charge in [0.05, 0.1) is 33.3 Å². The smallest absolute Gasteiger partial charge is 0.201 e. The van der Waals surface area contributed by atoms with Crippen molar-refractivity contribution >= 4 is 92.8 Å². The van der Waals surface area contributed by atoms with Gasteiger partial charge in [0.2, 0.25) is 6.29 Å². The summed E-state index contributed by atoms with van der Waals surface area (Å²) in [5.41, 5.74) is 10.4. The van der Waals surface area contributed by atoms with Gasteiger partial charge in [-0.05, 0) is 46.5 Å². The molecule has 4 nitrogen and oxygen atoms in total. The monoisotopic (exact) mass is 636 g/mol. The highest BCUT2D eigenvalue weighted by Crippen LogP contribution is 2.48. The van der Waals surface area contributed by atoms with Gasteiger partial charge in [-0.2, -0.15) is 0 Å². The van der Waals surface area contributed by atoms with E-state index >= 15 is 0 Å². The molecule has 8 aromatic carbocycles. The Morgan fingerprint density at radius 1 is 0.460 bits per heavy atom. The van der Waals surface area contributed by atoms with Crippen LogP contribution in [-0.4, -0.2) is 14.7 Å². The SMILES string of the molecule is c1ccc2c(c1)NC(n1c3c4ccccc4ccc3c3cc4c5ccccc5n5c6ccccc6c(c31)c45)N=C2c1ccc2ccccc2c1. The summed E-state index contributed by atoms with van der Waals surface area (Å²) in [5, 5.41) is 16.4. The second-order valence-corrected chi connectivity index (χ2v) is 13.6. The van der Waals surface area contributed by atoms with E-state index in [9.17, 15) is 0 Å². The summed E-state index contributed by atoms with van der Waals surface area (Å²) in [4.78, 5) is 5.68. The molecule has 0 fully saturated rings. The molecule has 4 heterocycles. The Kier molecular flexibility index (Phi) is 5.00. The molecule has 1 aliphatic rings. The number of hydrogen-bond acceptors (Lipinski definition) is 2. The minimum atomic E-state index is -0.392. The molecule has 3 aromatic heterocycles. The van der Waals surface area contributed by atoms with Crippen LogP contribution in [0.25, 0.3) is 81.4 Å². The minimum Gasteiger partial charge on any atom is -0.346 e. The third kappa shape index (κ3) is 3.32. The van der Waals surface area contributed by atoms with Crippen LogP contribution in [0.4, 0.5) is 5.69 Å². The minimum absolute atomic E-state index is 0.392. The van der Waals surface area contributed by atoms with Gasteiger partial charge >= 0.3 is 0 Å². The second-order valence-electron chi connectivity index (χ2n) is 13.6. The summed E-state index contributed by atoms with van der Waals surface area (Å²) >= 11 is 0. The highest BCUT2D eigenvalue weighted by molar-refractivity contribution is 6.35. The molecule has 232 valence electrons. The van der Waals surface area contributed by atoms with E-state index in [2.05, 4.69) is 172 Å². The highest BCUT2D eigenvalue weighted by atomic mass is 15.3. The van der Waals surface area contributed by atoms with Crippen molar-refractivity contribution in [1.29, 1.82) is 0 Å². The lowest BCUT2D eigenvalue weighted by Crippen LogP contribution is -2.25. The number of nitrogens with zero attached hydrogens (tertiary/aromatic N) is 3. The summed E-state index contributed by atoms with van der Waals surface area (Å²) in [7, 11) is 0. The van der Waals surface area contributed by atoms with Gasteiger partial charge in [0.1, 0.15) is 0 Å². The van der Waals surface area contributed by atoms with E-state index in [1.807, 2.05) is 0 Å². The Hall–Kier alpha value is -6.65. The van der Waals surface area contributed by atoms with Gasteiger partial charge in [-0.25, -0.2) is 4.99 Å². The van der Waals surface area contributed by atoms with Crippen LogP contribution in [0.15, 0.2) is 163 Å². The normalized spacial score (nSPS) is 14.9. The Morgan fingerprint density at radius 3 is 2.00 bits per heavy atom. The standard InChI is InChI=1S/C46H28N4/c1-2-13-29-25-30(22-21-27(29)11-1)42-34-16-5-8-18-38(34)47-46(48-42)50-43-31-14-4-3-12-28(31)23-24-33(43)37-26-36-32-15-6-9-19-39(32)49-40-20-10-7-17-35(40)41(44(36)49)45(37)50/h1-26,46-47H. The average molecular weight is 637 g/mol. The zero-order chi connectivity index (χ0) is 32.5. The number of anilines is 1. The van der Waals surface area contributed by atoms with Crippen LogP contribution in [0.5, 0.6) is 0 Å². The van der Waals surface area contributed by atoms with Gasteiger partial charge in [0.15, 0.2) is 0 Å². The molecule has 11 aromatic rings. The molecular formula is C46H28N4. The number of nitrogens with one attached hydrogen (secondary N) is 1. The molecule has 12 rings (SSSR count). The zero-order valence-corrected chi connectivity index (χ0v) is 26.9. The lowest BCUT2D eigenvalue weighted by atomic mass is 9.97. The molecule has 0 aliphatic carbocycles. The number of fused-ring (bicyclic) bond motifs is 14. The van der Waals surface area contributed by atoms with E-state index in [1.54, 1.807) is 0 Å². The van der Waals surface area contributed by atoms with Crippen LogP contribution in [0.3, 0.4) is 0 Å². The van der Waals surface area contributed by atoms with Gasteiger partial charge in [0, 0.05) is 54.5 Å². The van der Waals surface area contributed by atoms with Crippen molar-refractivity contribution in [2.24, 2.45) is 4.99 Å². The molecular weight excluding hydrogens is 609 g/mol. The number of aromatic nitrogens is 2. The summed E-state index contributed by atoms with van der Waals surface area (Å²) < 4.78 is 4.98. The molecule has 1 aliphatic heterocycles. The molecule has 1 atom stereocenters. The largest absolute Gasteiger partial charge is 0.346 e. The van der Waals surface area contributed by atoms with Crippen LogP contribution < -0.4 is 5.32 Å². The number of rotatable bonds is 2. The van der Waals surface area contributed by atoms with Crippen molar-refractivity contribution in [2.75, 3.05) is 5.32 Å². The predicted octanol–water partition coefficient (Wildman–Crippen LogP) is 11.7. The Balaban J connectivity index is 1.28. The Bertz CT molecular complexity index is 3250. The molecule has 0 saturated heterocycles. The maximum Gasteiger partial charge on any atom is 0.201 e. The molecule has 0 radical (unpaired) electrons. The molecule has 0 spiro atoms. The number of benzene rings is 8. The summed E-state index contributed by atoms with van der Waals surface area (Å²) in [6, 6.07) is 57.4. The summed E-state index contributed by atoms with van der Waals surface area (Å²) in [6.45, 7) is 0. The molecule has 0 bridgehead atoms. The highest BCUT2D eigenvalue weighted by Gasteiger charge is 2.29. The van der Waals surface area contributed by atoms with E-state index in [-0.39, 0.29) is 0 Å². The van der Waals surface area contributed by atoms with E-state index in [4.69, 9.17) is 4.99 Å². The van der Waals surface area contributed by atoms with Crippen LogP contribution in [0, 0.1) is 0 Å². The van der Waals surface area contributed by atoms with Crippen molar-refractivity contribution in [3.8, 4) is 0 Å². The molecule has 1 N–H and O–H groups in total. The number of para-hydroxylation sites is 3. The van der Waals surface area contributed by atoms with Crippen molar-refractivity contribution in [3.63, 3.8) is 0 Å². The van der Waals surface area contributed by atoms with Crippen molar-refractivity contribution in [1.82, 2.24) is 8.97 Å². The van der Waals surface area contributed by atoms with Crippen LogP contribution in [0.1, 0.15) is 17.4 Å². The lowest BCUT2D eigenvalue weighted by molar-refractivity contribution is 0.627. The van der Waals surface area contributed by atoms with Gasteiger partial charge in [-0.3, -0.25) is 4.57 Å². The summed E-state index contributed by atoms with van der Waals surface area (Å²) in [5.74, 6) is 0. The first kappa shape index (κ1) is 26.3. The van der Waals surface area contributed by atoms with E-state index in [1.165, 1.54) is 81.4 Å². The average Bonchev–Trinajstić information content (AvgIpc) is 3.82. The first-order chi connectivity index (χ1) is 24.8. The number of aliphatic imine (C=N–C) groups is 1. The third-order valence-electron chi connectivity index (χ3n) is 11.0. The maximum absolute atomic E-state index is 5.68. The summed E-state index contributed by atoms with van der Waals surface area (Å²) in [6.07, 6.45) is -0.392. The molecule has 0 saturated carbocycles.